The Morgan fingerprint density at radius 3 is 2.79 bits per heavy atom. The van der Waals surface area contributed by atoms with Gasteiger partial charge in [0, 0.05) is 23.2 Å². The van der Waals surface area contributed by atoms with Crippen LogP contribution in [-0.4, -0.2) is 11.5 Å². The molecule has 0 fully saturated rings. The maximum atomic E-state index is 10.4. The molecule has 0 aliphatic heterocycles. The quantitative estimate of drug-likeness (QED) is 0.667. The maximum Gasteiger partial charge on any atom is 0.270 e. The van der Waals surface area contributed by atoms with Gasteiger partial charge >= 0.3 is 0 Å². The van der Waals surface area contributed by atoms with Crippen molar-refractivity contribution in [3.63, 3.8) is 0 Å². The number of rotatable bonds is 3. The van der Waals surface area contributed by atoms with Crippen molar-refractivity contribution < 1.29 is 4.92 Å². The molecule has 74 valence electrons. The molecule has 1 aromatic carbocycles. The molecule has 5 heteroatoms. The number of hydrogen-bond donors (Lipinski definition) is 1. The number of nitro benzene ring substituents is 1. The Bertz CT molecular complexity index is 377. The first-order chi connectivity index (χ1) is 6.65. The van der Waals surface area contributed by atoms with Gasteiger partial charge in [0.15, 0.2) is 0 Å². The monoisotopic (exact) mass is 256 g/mol. The molecule has 0 spiro atoms. The average molecular weight is 257 g/mol. The molecule has 0 aliphatic rings. The molecule has 0 amide bonds. The minimum absolute atomic E-state index is 0.0711. The Morgan fingerprint density at radius 1 is 1.57 bits per heavy atom. The second-order valence-corrected chi connectivity index (χ2v) is 3.46. The molecule has 1 aromatic rings. The molecule has 0 bridgehead atoms. The highest BCUT2D eigenvalue weighted by Gasteiger charge is 2.06. The predicted molar refractivity (Wildman–Crippen MR) is 58.9 cm³/mol. The molecule has 0 saturated heterocycles. The van der Waals surface area contributed by atoms with Crippen molar-refractivity contribution in [1.82, 2.24) is 0 Å². The lowest BCUT2D eigenvalue weighted by atomic mass is 10.2. The SMILES string of the molecule is NC/C=C/c1ccc([N+](=O)[O-])cc1Br. The lowest BCUT2D eigenvalue weighted by Crippen LogP contribution is -1.92. The summed E-state index contributed by atoms with van der Waals surface area (Å²) in [6, 6.07) is 4.60. The summed E-state index contributed by atoms with van der Waals surface area (Å²) in [7, 11) is 0. The Labute approximate surface area is 89.7 Å². The fourth-order valence-corrected chi connectivity index (χ4v) is 1.46. The van der Waals surface area contributed by atoms with Crippen LogP contribution in [-0.2, 0) is 0 Å². The zero-order valence-corrected chi connectivity index (χ0v) is 8.90. The molecule has 0 atom stereocenters. The average Bonchev–Trinajstić information content (AvgIpc) is 2.15. The molecule has 4 nitrogen and oxygen atoms in total. The van der Waals surface area contributed by atoms with E-state index in [0.717, 1.165) is 5.56 Å². The first kappa shape index (κ1) is 10.9. The van der Waals surface area contributed by atoms with E-state index < -0.39 is 4.92 Å². The van der Waals surface area contributed by atoms with E-state index in [4.69, 9.17) is 5.73 Å². The fraction of sp³-hybridized carbons (Fsp3) is 0.111. The third-order valence-corrected chi connectivity index (χ3v) is 2.32. The fourth-order valence-electron chi connectivity index (χ4n) is 0.960. The van der Waals surface area contributed by atoms with Crippen molar-refractivity contribution in [2.45, 2.75) is 0 Å². The molecule has 14 heavy (non-hydrogen) atoms. The molecule has 2 N–H and O–H groups in total. The third-order valence-electron chi connectivity index (χ3n) is 1.63. The van der Waals surface area contributed by atoms with E-state index >= 15 is 0 Å². The summed E-state index contributed by atoms with van der Waals surface area (Å²) in [5, 5.41) is 10.4. The van der Waals surface area contributed by atoms with Crippen molar-refractivity contribution in [3.05, 3.63) is 44.4 Å². The summed E-state index contributed by atoms with van der Waals surface area (Å²) in [5.74, 6) is 0. The van der Waals surface area contributed by atoms with Crippen LogP contribution in [0.5, 0.6) is 0 Å². The van der Waals surface area contributed by atoms with Gasteiger partial charge in [0.2, 0.25) is 0 Å². The highest BCUT2D eigenvalue weighted by molar-refractivity contribution is 9.10. The van der Waals surface area contributed by atoms with Gasteiger partial charge in [0.25, 0.3) is 5.69 Å². The number of nitrogens with zero attached hydrogens (tertiary/aromatic N) is 1. The van der Waals surface area contributed by atoms with Crippen LogP contribution < -0.4 is 5.73 Å². The van der Waals surface area contributed by atoms with Crippen molar-refractivity contribution in [2.75, 3.05) is 6.54 Å². The Hall–Kier alpha value is -1.20. The van der Waals surface area contributed by atoms with E-state index in [1.165, 1.54) is 12.1 Å². The number of hydrogen-bond acceptors (Lipinski definition) is 3. The third kappa shape index (κ3) is 2.65. The van der Waals surface area contributed by atoms with Crippen molar-refractivity contribution in [2.24, 2.45) is 5.73 Å². The summed E-state index contributed by atoms with van der Waals surface area (Å²) >= 11 is 3.25. The molecule has 1 rings (SSSR count). The van der Waals surface area contributed by atoms with Gasteiger partial charge in [0.1, 0.15) is 0 Å². The van der Waals surface area contributed by atoms with Gasteiger partial charge in [-0.3, -0.25) is 10.1 Å². The molecular weight excluding hydrogens is 248 g/mol. The number of non-ortho nitro benzene ring substituents is 1. The molecule has 0 saturated carbocycles. The second kappa shape index (κ2) is 4.88. The maximum absolute atomic E-state index is 10.4. The zero-order valence-electron chi connectivity index (χ0n) is 7.31. The number of nitro groups is 1. The first-order valence-electron chi connectivity index (χ1n) is 3.95. The van der Waals surface area contributed by atoms with E-state index in [1.807, 2.05) is 6.08 Å². The number of benzene rings is 1. The van der Waals surface area contributed by atoms with E-state index in [1.54, 1.807) is 12.1 Å². The summed E-state index contributed by atoms with van der Waals surface area (Å²) in [6.07, 6.45) is 3.60. The lowest BCUT2D eigenvalue weighted by Gasteiger charge is -1.97. The smallest absolute Gasteiger partial charge is 0.270 e. The normalized spacial score (nSPS) is 10.7. The Morgan fingerprint density at radius 2 is 2.29 bits per heavy atom. The number of halogens is 1. The van der Waals surface area contributed by atoms with Crippen LogP contribution in [0.4, 0.5) is 5.69 Å². The summed E-state index contributed by atoms with van der Waals surface area (Å²) in [6.45, 7) is 0.448. The van der Waals surface area contributed by atoms with Gasteiger partial charge in [-0.05, 0) is 27.6 Å². The molecule has 0 aliphatic carbocycles. The van der Waals surface area contributed by atoms with E-state index in [2.05, 4.69) is 15.9 Å². The van der Waals surface area contributed by atoms with Gasteiger partial charge in [-0.15, -0.1) is 0 Å². The Balaban J connectivity index is 3.01. The molecular formula is C9H9BrN2O2. The van der Waals surface area contributed by atoms with Crippen LogP contribution in [0.3, 0.4) is 0 Å². The predicted octanol–water partition coefficient (Wildman–Crippen LogP) is 2.33. The van der Waals surface area contributed by atoms with Crippen LogP contribution in [0.1, 0.15) is 5.56 Å². The highest BCUT2D eigenvalue weighted by atomic mass is 79.9. The van der Waals surface area contributed by atoms with E-state index in [0.29, 0.717) is 11.0 Å². The largest absolute Gasteiger partial charge is 0.327 e. The summed E-state index contributed by atoms with van der Waals surface area (Å²) < 4.78 is 0.691. The van der Waals surface area contributed by atoms with E-state index in [9.17, 15) is 10.1 Å². The zero-order chi connectivity index (χ0) is 10.6. The standard InChI is InChI=1S/C9H9BrN2O2/c10-9-6-8(12(13)14)4-3-7(9)2-1-5-11/h1-4,6H,5,11H2/b2-1+. The van der Waals surface area contributed by atoms with Gasteiger partial charge in [-0.1, -0.05) is 12.2 Å². The highest BCUT2D eigenvalue weighted by Crippen LogP contribution is 2.23. The van der Waals surface area contributed by atoms with Crippen LogP contribution in [0.15, 0.2) is 28.7 Å². The summed E-state index contributed by atoms with van der Waals surface area (Å²) in [4.78, 5) is 10.00. The van der Waals surface area contributed by atoms with Crippen molar-refractivity contribution in [3.8, 4) is 0 Å². The van der Waals surface area contributed by atoms with Gasteiger partial charge in [0.05, 0.1) is 4.92 Å². The minimum Gasteiger partial charge on any atom is -0.327 e. The molecule has 0 aromatic heterocycles. The molecule has 0 heterocycles. The second-order valence-electron chi connectivity index (χ2n) is 2.60. The first-order valence-corrected chi connectivity index (χ1v) is 4.75. The van der Waals surface area contributed by atoms with Gasteiger partial charge in [-0.2, -0.15) is 0 Å². The minimum atomic E-state index is -0.429. The van der Waals surface area contributed by atoms with Crippen LogP contribution in [0, 0.1) is 10.1 Å². The number of nitrogens with two attached hydrogens (primary N) is 1. The lowest BCUT2D eigenvalue weighted by molar-refractivity contribution is -0.384. The summed E-state index contributed by atoms with van der Waals surface area (Å²) in [5.41, 5.74) is 6.24. The van der Waals surface area contributed by atoms with Crippen LogP contribution in [0.25, 0.3) is 6.08 Å². The van der Waals surface area contributed by atoms with E-state index in [-0.39, 0.29) is 5.69 Å². The topological polar surface area (TPSA) is 69.2 Å². The van der Waals surface area contributed by atoms with Crippen molar-refractivity contribution in [1.29, 1.82) is 0 Å². The van der Waals surface area contributed by atoms with Crippen molar-refractivity contribution >= 4 is 27.7 Å². The van der Waals surface area contributed by atoms with Gasteiger partial charge in [-0.25, -0.2) is 0 Å². The van der Waals surface area contributed by atoms with Crippen LogP contribution >= 0.6 is 15.9 Å². The van der Waals surface area contributed by atoms with Crippen LogP contribution in [0.2, 0.25) is 0 Å². The molecule has 0 unspecified atom stereocenters. The molecule has 0 radical (unpaired) electrons. The Kier molecular flexibility index (Phi) is 3.79. The van der Waals surface area contributed by atoms with Gasteiger partial charge < -0.3 is 5.73 Å².